The van der Waals surface area contributed by atoms with Gasteiger partial charge in [-0.05, 0) is 19.9 Å². The van der Waals surface area contributed by atoms with Gasteiger partial charge in [0.05, 0.1) is 11.0 Å². The minimum absolute atomic E-state index is 0.0870. The molecule has 7 nitrogen and oxygen atoms in total. The van der Waals surface area contributed by atoms with Crippen LogP contribution in [-0.4, -0.2) is 41.0 Å². The van der Waals surface area contributed by atoms with Gasteiger partial charge in [-0.15, -0.1) is 0 Å². The van der Waals surface area contributed by atoms with E-state index in [0.717, 1.165) is 0 Å². The zero-order valence-electron chi connectivity index (χ0n) is 12.0. The van der Waals surface area contributed by atoms with Crippen molar-refractivity contribution in [2.24, 2.45) is 0 Å². The smallest absolute Gasteiger partial charge is 0.312 e. The molecule has 0 radical (unpaired) electrons. The van der Waals surface area contributed by atoms with E-state index in [1.54, 1.807) is 14.0 Å². The molecule has 0 saturated carbocycles. The Morgan fingerprint density at radius 1 is 1.57 bits per heavy atom. The van der Waals surface area contributed by atoms with Crippen LogP contribution in [-0.2, 0) is 4.79 Å². The number of halogens is 1. The Morgan fingerprint density at radius 3 is 2.67 bits per heavy atom. The predicted molar refractivity (Wildman–Crippen MR) is 80.2 cm³/mol. The predicted octanol–water partition coefficient (Wildman–Crippen LogP) is 2.27. The highest BCUT2D eigenvalue weighted by Gasteiger charge is 2.24. The largest absolute Gasteiger partial charge is 0.476 e. The van der Waals surface area contributed by atoms with E-state index in [1.807, 2.05) is 0 Å². The number of hydrogen-bond donors (Lipinski definition) is 1. The van der Waals surface area contributed by atoms with Gasteiger partial charge in [-0.25, -0.2) is 0 Å². The first kappa shape index (κ1) is 17.4. The minimum atomic E-state index is -0.963. The third-order valence-electron chi connectivity index (χ3n) is 2.95. The molecule has 0 spiro atoms. The van der Waals surface area contributed by atoms with E-state index in [1.165, 1.54) is 24.0 Å². The third-order valence-corrected chi connectivity index (χ3v) is 3.41. The first-order valence-electron chi connectivity index (χ1n) is 6.30. The van der Waals surface area contributed by atoms with E-state index in [4.69, 9.17) is 4.74 Å². The molecule has 0 unspecified atom stereocenters. The fraction of sp³-hybridized carbons (Fsp3) is 0.462. The summed E-state index contributed by atoms with van der Waals surface area (Å²) < 4.78 is 5.77. The van der Waals surface area contributed by atoms with Crippen molar-refractivity contribution in [3.8, 4) is 5.75 Å². The molecule has 0 aromatic heterocycles. The van der Waals surface area contributed by atoms with Crippen molar-refractivity contribution in [1.82, 2.24) is 4.90 Å². The van der Waals surface area contributed by atoms with Gasteiger partial charge in [-0.1, -0.05) is 15.9 Å². The van der Waals surface area contributed by atoms with E-state index in [-0.39, 0.29) is 29.5 Å². The Labute approximate surface area is 130 Å². The summed E-state index contributed by atoms with van der Waals surface area (Å²) in [6, 6.07) is 2.80. The van der Waals surface area contributed by atoms with Crippen molar-refractivity contribution in [3.63, 3.8) is 0 Å². The summed E-state index contributed by atoms with van der Waals surface area (Å²) in [5.74, 6) is -0.387. The van der Waals surface area contributed by atoms with E-state index < -0.39 is 11.0 Å². The van der Waals surface area contributed by atoms with Gasteiger partial charge >= 0.3 is 5.69 Å². The van der Waals surface area contributed by atoms with Gasteiger partial charge in [-0.2, -0.15) is 0 Å². The second-order valence-corrected chi connectivity index (χ2v) is 5.39. The van der Waals surface area contributed by atoms with Crippen LogP contribution in [0, 0.1) is 10.1 Å². The molecular formula is C13H17BrN2O5. The average Bonchev–Trinajstić information content (AvgIpc) is 2.43. The van der Waals surface area contributed by atoms with Gasteiger partial charge in [0.2, 0.25) is 5.75 Å². The summed E-state index contributed by atoms with van der Waals surface area (Å²) in [6.45, 7) is 3.46. The van der Waals surface area contributed by atoms with Crippen LogP contribution in [0.15, 0.2) is 16.6 Å². The Balaban J connectivity index is 3.14. The summed E-state index contributed by atoms with van der Waals surface area (Å²) in [5, 5.41) is 20.8. The molecule has 1 atom stereocenters. The van der Waals surface area contributed by atoms with Crippen LogP contribution in [0.1, 0.15) is 25.5 Å². The lowest BCUT2D eigenvalue weighted by atomic mass is 10.1. The summed E-state index contributed by atoms with van der Waals surface area (Å²) in [5.41, 5.74) is -0.0461. The SMILES string of the molecule is CCN(C)C(=O)COc1c([C@@H](C)O)cc(Br)cc1[N+](=O)[O-]. The number of amides is 1. The zero-order valence-corrected chi connectivity index (χ0v) is 13.6. The number of hydrogen-bond acceptors (Lipinski definition) is 5. The van der Waals surface area contributed by atoms with Gasteiger partial charge in [0.25, 0.3) is 5.91 Å². The highest BCUT2D eigenvalue weighted by molar-refractivity contribution is 9.10. The first-order chi connectivity index (χ1) is 9.77. The standard InChI is InChI=1S/C13H17BrN2O5/c1-4-15(3)12(18)7-21-13-10(8(2)17)5-9(14)6-11(13)16(19)20/h5-6,8,17H,4,7H2,1-3H3/t8-/m1/s1. The molecular weight excluding hydrogens is 344 g/mol. The molecule has 0 aliphatic rings. The van der Waals surface area contributed by atoms with E-state index in [9.17, 15) is 20.0 Å². The number of likely N-dealkylation sites (N-methyl/N-ethyl adjacent to an activating group) is 1. The molecule has 0 fully saturated rings. The van der Waals surface area contributed by atoms with Crippen LogP contribution in [0.5, 0.6) is 5.75 Å². The molecule has 21 heavy (non-hydrogen) atoms. The molecule has 1 aromatic carbocycles. The average molecular weight is 361 g/mol. The van der Waals surface area contributed by atoms with Gasteiger partial charge in [-0.3, -0.25) is 14.9 Å². The number of aliphatic hydroxyl groups excluding tert-OH is 1. The maximum atomic E-state index is 11.7. The number of nitro groups is 1. The molecule has 1 amide bonds. The quantitative estimate of drug-likeness (QED) is 0.620. The van der Waals surface area contributed by atoms with Crippen molar-refractivity contribution >= 4 is 27.5 Å². The molecule has 8 heteroatoms. The first-order valence-corrected chi connectivity index (χ1v) is 7.09. The minimum Gasteiger partial charge on any atom is -0.476 e. The molecule has 1 N–H and O–H groups in total. The molecule has 116 valence electrons. The second kappa shape index (κ2) is 7.37. The van der Waals surface area contributed by atoms with E-state index >= 15 is 0 Å². The van der Waals surface area contributed by atoms with E-state index in [2.05, 4.69) is 15.9 Å². The number of carbonyl (C=O) groups is 1. The molecule has 0 saturated heterocycles. The topological polar surface area (TPSA) is 92.9 Å². The highest BCUT2D eigenvalue weighted by atomic mass is 79.9. The van der Waals surface area contributed by atoms with Gasteiger partial charge in [0.1, 0.15) is 0 Å². The number of benzene rings is 1. The normalized spacial score (nSPS) is 11.9. The number of carbonyl (C=O) groups excluding carboxylic acids is 1. The fourth-order valence-electron chi connectivity index (χ4n) is 1.62. The Hall–Kier alpha value is -1.67. The van der Waals surface area contributed by atoms with Gasteiger partial charge in [0, 0.05) is 29.7 Å². The number of ether oxygens (including phenoxy) is 1. The lowest BCUT2D eigenvalue weighted by Gasteiger charge is -2.17. The number of aliphatic hydroxyl groups is 1. The maximum Gasteiger partial charge on any atom is 0.312 e. The molecule has 0 aliphatic heterocycles. The zero-order chi connectivity index (χ0) is 16.2. The van der Waals surface area contributed by atoms with Crippen LogP contribution in [0.2, 0.25) is 0 Å². The molecule has 0 bridgehead atoms. The number of nitrogens with zero attached hydrogens (tertiary/aromatic N) is 2. The Morgan fingerprint density at radius 2 is 2.19 bits per heavy atom. The van der Waals surface area contributed by atoms with Crippen molar-refractivity contribution in [2.75, 3.05) is 20.2 Å². The van der Waals surface area contributed by atoms with Crippen LogP contribution >= 0.6 is 15.9 Å². The van der Waals surface area contributed by atoms with Crippen LogP contribution < -0.4 is 4.74 Å². The van der Waals surface area contributed by atoms with Crippen LogP contribution in [0.4, 0.5) is 5.69 Å². The lowest BCUT2D eigenvalue weighted by molar-refractivity contribution is -0.386. The van der Waals surface area contributed by atoms with Crippen molar-refractivity contribution in [2.45, 2.75) is 20.0 Å². The summed E-state index contributed by atoms with van der Waals surface area (Å²) >= 11 is 3.15. The summed E-state index contributed by atoms with van der Waals surface area (Å²) in [7, 11) is 1.61. The summed E-state index contributed by atoms with van der Waals surface area (Å²) in [6.07, 6.45) is -0.963. The molecule has 0 aliphatic carbocycles. The molecule has 1 aromatic rings. The Bertz CT molecular complexity index is 548. The third kappa shape index (κ3) is 4.40. The van der Waals surface area contributed by atoms with E-state index in [0.29, 0.717) is 11.0 Å². The lowest BCUT2D eigenvalue weighted by Crippen LogP contribution is -2.31. The van der Waals surface area contributed by atoms with Crippen LogP contribution in [0.3, 0.4) is 0 Å². The van der Waals surface area contributed by atoms with Crippen molar-refractivity contribution in [1.29, 1.82) is 0 Å². The molecule has 0 heterocycles. The fourth-order valence-corrected chi connectivity index (χ4v) is 2.09. The van der Waals surface area contributed by atoms with Crippen molar-refractivity contribution < 1.29 is 19.6 Å². The van der Waals surface area contributed by atoms with Crippen molar-refractivity contribution in [3.05, 3.63) is 32.3 Å². The van der Waals surface area contributed by atoms with Gasteiger partial charge in [0.15, 0.2) is 6.61 Å². The van der Waals surface area contributed by atoms with Gasteiger partial charge < -0.3 is 14.7 Å². The maximum absolute atomic E-state index is 11.7. The van der Waals surface area contributed by atoms with Crippen LogP contribution in [0.25, 0.3) is 0 Å². The monoisotopic (exact) mass is 360 g/mol. The Kier molecular flexibility index (Phi) is 6.10. The summed E-state index contributed by atoms with van der Waals surface area (Å²) in [4.78, 5) is 23.7. The molecule has 1 rings (SSSR count). The second-order valence-electron chi connectivity index (χ2n) is 4.47. The number of nitro benzene ring substituents is 1. The highest BCUT2D eigenvalue weighted by Crippen LogP contribution is 2.37. The number of rotatable bonds is 6.